The van der Waals surface area contributed by atoms with E-state index in [1.807, 2.05) is 37.3 Å². The van der Waals surface area contributed by atoms with Gasteiger partial charge in [0.15, 0.2) is 0 Å². The fourth-order valence-corrected chi connectivity index (χ4v) is 1.62. The van der Waals surface area contributed by atoms with Crippen LogP contribution in [-0.4, -0.2) is 23.4 Å². The summed E-state index contributed by atoms with van der Waals surface area (Å²) in [6.45, 7) is 5.99. The smallest absolute Gasteiger partial charge is 0.0865 e. The third kappa shape index (κ3) is 3.97. The molecular formula is C14H21NO2. The van der Waals surface area contributed by atoms with E-state index in [-0.39, 0.29) is 6.61 Å². The Morgan fingerprint density at radius 2 is 2.12 bits per heavy atom. The summed E-state index contributed by atoms with van der Waals surface area (Å²) >= 11 is 0. The average molecular weight is 235 g/mol. The van der Waals surface area contributed by atoms with E-state index in [2.05, 4.69) is 6.58 Å². The van der Waals surface area contributed by atoms with Gasteiger partial charge in [-0.3, -0.25) is 0 Å². The molecule has 0 amide bonds. The molecule has 1 aromatic carbocycles. The number of hydrogen-bond donors (Lipinski definition) is 2. The Balaban J connectivity index is 2.64. The van der Waals surface area contributed by atoms with Gasteiger partial charge in [-0.2, -0.15) is 0 Å². The van der Waals surface area contributed by atoms with Crippen molar-refractivity contribution >= 4 is 0 Å². The summed E-state index contributed by atoms with van der Waals surface area (Å²) in [4.78, 5) is 0. The molecule has 0 saturated carbocycles. The second-order valence-electron chi connectivity index (χ2n) is 4.37. The fourth-order valence-electron chi connectivity index (χ4n) is 1.62. The molecule has 0 aromatic heterocycles. The Bertz CT molecular complexity index is 339. The lowest BCUT2D eigenvalue weighted by Crippen LogP contribution is -2.49. The summed E-state index contributed by atoms with van der Waals surface area (Å²) < 4.78 is 5.85. The molecule has 17 heavy (non-hydrogen) atoms. The molecule has 0 fully saturated rings. The maximum Gasteiger partial charge on any atom is 0.0865 e. The van der Waals surface area contributed by atoms with Gasteiger partial charge in [-0.25, -0.2) is 0 Å². The number of rotatable bonds is 7. The molecule has 3 N–H and O–H groups in total. The van der Waals surface area contributed by atoms with Gasteiger partial charge < -0.3 is 15.6 Å². The third-order valence-electron chi connectivity index (χ3n) is 2.94. The molecule has 94 valence electrons. The Kier molecular flexibility index (Phi) is 5.35. The monoisotopic (exact) mass is 235 g/mol. The van der Waals surface area contributed by atoms with Crippen molar-refractivity contribution in [3.63, 3.8) is 0 Å². The van der Waals surface area contributed by atoms with Gasteiger partial charge in [0.25, 0.3) is 0 Å². The van der Waals surface area contributed by atoms with Gasteiger partial charge in [0, 0.05) is 0 Å². The van der Waals surface area contributed by atoms with Gasteiger partial charge in [-0.15, -0.1) is 6.58 Å². The quantitative estimate of drug-likeness (QED) is 0.709. The van der Waals surface area contributed by atoms with Crippen LogP contribution in [0.15, 0.2) is 43.0 Å². The van der Waals surface area contributed by atoms with E-state index in [0.717, 1.165) is 5.56 Å². The molecule has 0 aliphatic carbocycles. The Morgan fingerprint density at radius 1 is 1.47 bits per heavy atom. The van der Waals surface area contributed by atoms with Crippen molar-refractivity contribution in [2.75, 3.05) is 6.61 Å². The molecule has 0 radical (unpaired) electrons. The molecule has 0 spiro atoms. The van der Waals surface area contributed by atoms with Gasteiger partial charge in [0.05, 0.1) is 24.9 Å². The van der Waals surface area contributed by atoms with Crippen LogP contribution >= 0.6 is 0 Å². The second kappa shape index (κ2) is 6.55. The van der Waals surface area contributed by atoms with Gasteiger partial charge in [0.1, 0.15) is 0 Å². The zero-order valence-corrected chi connectivity index (χ0v) is 10.3. The summed E-state index contributed by atoms with van der Waals surface area (Å²) in [5.74, 6) is 0. The van der Waals surface area contributed by atoms with Crippen molar-refractivity contribution in [1.82, 2.24) is 0 Å². The maximum atomic E-state index is 9.15. The lowest BCUT2D eigenvalue weighted by atomic mass is 9.93. The van der Waals surface area contributed by atoms with Crippen LogP contribution in [0.25, 0.3) is 0 Å². The van der Waals surface area contributed by atoms with Crippen LogP contribution < -0.4 is 5.73 Å². The van der Waals surface area contributed by atoms with E-state index in [0.29, 0.717) is 13.0 Å². The first-order chi connectivity index (χ1) is 8.12. The van der Waals surface area contributed by atoms with Crippen molar-refractivity contribution in [3.05, 3.63) is 48.6 Å². The summed E-state index contributed by atoms with van der Waals surface area (Å²) in [5, 5.41) is 9.15. The highest BCUT2D eigenvalue weighted by Crippen LogP contribution is 2.21. The van der Waals surface area contributed by atoms with Gasteiger partial charge in [-0.1, -0.05) is 36.4 Å². The predicted octanol–water partition coefficient (Wildman–Crippen LogP) is 1.86. The zero-order chi connectivity index (χ0) is 12.7. The lowest BCUT2D eigenvalue weighted by molar-refractivity contribution is -0.0680. The van der Waals surface area contributed by atoms with Crippen LogP contribution in [-0.2, 0) is 11.3 Å². The van der Waals surface area contributed by atoms with Crippen LogP contribution in [0.4, 0.5) is 0 Å². The molecular weight excluding hydrogens is 214 g/mol. The molecule has 0 bridgehead atoms. The van der Waals surface area contributed by atoms with E-state index in [9.17, 15) is 0 Å². The number of nitrogens with two attached hydrogens (primary N) is 1. The average Bonchev–Trinajstić information content (AvgIpc) is 2.37. The Labute approximate surface area is 103 Å². The summed E-state index contributed by atoms with van der Waals surface area (Å²) in [6, 6.07) is 9.48. The predicted molar refractivity (Wildman–Crippen MR) is 69.5 cm³/mol. The first-order valence-electron chi connectivity index (χ1n) is 5.77. The largest absolute Gasteiger partial charge is 0.395 e. The highest BCUT2D eigenvalue weighted by atomic mass is 16.5. The minimum absolute atomic E-state index is 0.0981. The highest BCUT2D eigenvalue weighted by Gasteiger charge is 2.31. The van der Waals surface area contributed by atoms with Crippen LogP contribution in [0.3, 0.4) is 0 Å². The molecule has 2 unspecified atom stereocenters. The van der Waals surface area contributed by atoms with Crippen molar-refractivity contribution in [1.29, 1.82) is 0 Å². The van der Waals surface area contributed by atoms with Gasteiger partial charge in [-0.05, 0) is 18.9 Å². The van der Waals surface area contributed by atoms with Crippen molar-refractivity contribution in [3.8, 4) is 0 Å². The van der Waals surface area contributed by atoms with E-state index in [1.54, 1.807) is 6.08 Å². The van der Waals surface area contributed by atoms with Crippen molar-refractivity contribution in [2.45, 2.75) is 31.6 Å². The van der Waals surface area contributed by atoms with Crippen LogP contribution in [0.5, 0.6) is 0 Å². The fraction of sp³-hybridized carbons (Fsp3) is 0.429. The zero-order valence-electron chi connectivity index (χ0n) is 10.3. The number of hydrogen-bond acceptors (Lipinski definition) is 3. The van der Waals surface area contributed by atoms with Crippen molar-refractivity contribution in [2.24, 2.45) is 5.73 Å². The van der Waals surface area contributed by atoms with Crippen LogP contribution in [0.2, 0.25) is 0 Å². The molecule has 1 rings (SSSR count). The van der Waals surface area contributed by atoms with E-state index in [4.69, 9.17) is 15.6 Å². The molecule has 3 heteroatoms. The molecule has 1 aromatic rings. The third-order valence-corrected chi connectivity index (χ3v) is 2.94. The molecule has 0 heterocycles. The summed E-state index contributed by atoms with van der Waals surface area (Å²) in [6.07, 6.45) is 2.38. The Hall–Kier alpha value is -1.16. The molecule has 0 saturated heterocycles. The summed E-state index contributed by atoms with van der Waals surface area (Å²) in [7, 11) is 0. The molecule has 2 atom stereocenters. The van der Waals surface area contributed by atoms with Gasteiger partial charge in [0.2, 0.25) is 0 Å². The summed E-state index contributed by atoms with van der Waals surface area (Å²) in [5.41, 5.74) is 6.39. The number of benzene rings is 1. The van der Waals surface area contributed by atoms with Crippen LogP contribution in [0, 0.1) is 0 Å². The topological polar surface area (TPSA) is 55.5 Å². The maximum absolute atomic E-state index is 9.15. The minimum Gasteiger partial charge on any atom is -0.395 e. The first-order valence-corrected chi connectivity index (χ1v) is 5.77. The normalized spacial score (nSPS) is 16.2. The number of aliphatic hydroxyl groups is 1. The van der Waals surface area contributed by atoms with Gasteiger partial charge >= 0.3 is 0 Å². The minimum atomic E-state index is -0.577. The van der Waals surface area contributed by atoms with E-state index >= 15 is 0 Å². The van der Waals surface area contributed by atoms with Crippen LogP contribution in [0.1, 0.15) is 18.9 Å². The molecule has 0 aliphatic heterocycles. The standard InChI is InChI=1S/C14H21NO2/c1-3-9-14(2,13(15)10-16)17-11-12-7-5-4-6-8-12/h3-8,13,16H,1,9-11,15H2,2H3. The lowest BCUT2D eigenvalue weighted by Gasteiger charge is -2.33. The van der Waals surface area contributed by atoms with Crippen molar-refractivity contribution < 1.29 is 9.84 Å². The SMILES string of the molecule is C=CCC(C)(OCc1ccccc1)C(N)CO. The first kappa shape index (κ1) is 13.9. The highest BCUT2D eigenvalue weighted by molar-refractivity contribution is 5.13. The number of aliphatic hydroxyl groups excluding tert-OH is 1. The van der Waals surface area contributed by atoms with E-state index < -0.39 is 11.6 Å². The Morgan fingerprint density at radius 3 is 2.65 bits per heavy atom. The molecule has 3 nitrogen and oxygen atoms in total. The number of ether oxygens (including phenoxy) is 1. The van der Waals surface area contributed by atoms with E-state index in [1.165, 1.54) is 0 Å². The second-order valence-corrected chi connectivity index (χ2v) is 4.37. The molecule has 0 aliphatic rings.